The third kappa shape index (κ3) is 2.29. The number of hydrogen-bond donors (Lipinski definition) is 0. The molecule has 104 valence electrons. The summed E-state index contributed by atoms with van der Waals surface area (Å²) in [5.41, 5.74) is 2.24. The molecule has 3 unspecified atom stereocenters. The van der Waals surface area contributed by atoms with E-state index in [1.54, 1.807) is 0 Å². The minimum absolute atomic E-state index is 0. The Morgan fingerprint density at radius 1 is 1.15 bits per heavy atom. The van der Waals surface area contributed by atoms with Gasteiger partial charge in [0.2, 0.25) is 0 Å². The van der Waals surface area contributed by atoms with Crippen LogP contribution in [0.3, 0.4) is 0 Å². The molecule has 2 fully saturated rings. The van der Waals surface area contributed by atoms with Gasteiger partial charge in [-0.3, -0.25) is 0 Å². The van der Waals surface area contributed by atoms with Crippen LogP contribution in [0.5, 0.6) is 0 Å². The normalized spacial score (nSPS) is 35.6. The third-order valence-electron chi connectivity index (χ3n) is 6.43. The summed E-state index contributed by atoms with van der Waals surface area (Å²) in [6.07, 6.45) is 4.08. The van der Waals surface area contributed by atoms with E-state index in [2.05, 4.69) is 58.0 Å². The average Bonchev–Trinajstić information content (AvgIpc) is 2.73. The molecule has 4 atom stereocenters. The fourth-order valence-corrected chi connectivity index (χ4v) is 4.47. The van der Waals surface area contributed by atoms with Crippen LogP contribution in [0.4, 0.5) is 0 Å². The van der Waals surface area contributed by atoms with Crippen molar-refractivity contribution < 1.29 is 18.9 Å². The average molecular weight is 263 g/mol. The molecule has 0 N–H and O–H groups in total. The molecule has 2 saturated carbocycles. The van der Waals surface area contributed by atoms with Crippen LogP contribution < -0.4 is 18.9 Å². The molecule has 2 aliphatic rings. The van der Waals surface area contributed by atoms with Gasteiger partial charge in [-0.25, -0.2) is 0 Å². The van der Waals surface area contributed by atoms with Crippen LogP contribution in [0.25, 0.3) is 5.32 Å². The van der Waals surface area contributed by atoms with E-state index in [9.17, 15) is 0 Å². The first-order valence-corrected chi connectivity index (χ1v) is 7.70. The summed E-state index contributed by atoms with van der Waals surface area (Å²) >= 11 is 0. The fraction of sp³-hybridized carbons (Fsp3) is 0.667. The van der Waals surface area contributed by atoms with Gasteiger partial charge in [0.15, 0.2) is 0 Å². The van der Waals surface area contributed by atoms with Crippen molar-refractivity contribution in [3.8, 4) is 0 Å². The first-order chi connectivity index (χ1) is 8.95. The first kappa shape index (κ1) is 16.2. The predicted molar refractivity (Wildman–Crippen MR) is 81.2 cm³/mol. The molecular formula is C18H26LiN. The largest absolute Gasteiger partial charge is 1.00 e. The number of fused-ring (bicyclic) bond motifs is 2. The Kier molecular flexibility index (Phi) is 4.46. The number of nitrogens with zero attached hydrogens (tertiary/aromatic N) is 1. The van der Waals surface area contributed by atoms with Gasteiger partial charge in [0.1, 0.15) is 0 Å². The van der Waals surface area contributed by atoms with Crippen molar-refractivity contribution in [2.24, 2.45) is 16.7 Å². The summed E-state index contributed by atoms with van der Waals surface area (Å²) in [6.45, 7) is 9.66. The summed E-state index contributed by atoms with van der Waals surface area (Å²) < 4.78 is 0. The van der Waals surface area contributed by atoms with Crippen molar-refractivity contribution in [3.63, 3.8) is 0 Å². The van der Waals surface area contributed by atoms with Crippen LogP contribution in [-0.2, 0) is 0 Å². The van der Waals surface area contributed by atoms with E-state index in [-0.39, 0.29) is 18.9 Å². The van der Waals surface area contributed by atoms with Crippen molar-refractivity contribution in [3.05, 3.63) is 41.2 Å². The smallest absolute Gasteiger partial charge is 0.653 e. The summed E-state index contributed by atoms with van der Waals surface area (Å²) in [4.78, 5) is 0. The van der Waals surface area contributed by atoms with Crippen LogP contribution in [0.15, 0.2) is 30.3 Å². The summed E-state index contributed by atoms with van der Waals surface area (Å²) in [5, 5.41) is 5.20. The zero-order valence-corrected chi connectivity index (χ0v) is 13.7. The van der Waals surface area contributed by atoms with Gasteiger partial charge in [-0.05, 0) is 29.6 Å². The molecule has 2 aliphatic carbocycles. The van der Waals surface area contributed by atoms with E-state index < -0.39 is 0 Å². The van der Waals surface area contributed by atoms with Gasteiger partial charge in [0.25, 0.3) is 0 Å². The van der Waals surface area contributed by atoms with E-state index in [1.807, 2.05) is 0 Å². The molecule has 0 radical (unpaired) electrons. The predicted octanol–water partition coefficient (Wildman–Crippen LogP) is 2.34. The second-order valence-corrected chi connectivity index (χ2v) is 7.36. The molecule has 20 heavy (non-hydrogen) atoms. The van der Waals surface area contributed by atoms with E-state index in [0.29, 0.717) is 22.9 Å². The third-order valence-corrected chi connectivity index (χ3v) is 6.43. The minimum atomic E-state index is 0. The van der Waals surface area contributed by atoms with Crippen LogP contribution >= 0.6 is 0 Å². The van der Waals surface area contributed by atoms with Gasteiger partial charge in [0.05, 0.1) is 0 Å². The molecule has 0 amide bonds. The molecule has 0 spiro atoms. The Hall–Kier alpha value is -0.223. The number of benzene rings is 1. The van der Waals surface area contributed by atoms with Crippen LogP contribution in [-0.4, -0.2) is 6.04 Å². The summed E-state index contributed by atoms with van der Waals surface area (Å²) in [5.74, 6) is 0.884. The van der Waals surface area contributed by atoms with Crippen LogP contribution in [0.2, 0.25) is 0 Å². The van der Waals surface area contributed by atoms with Crippen molar-refractivity contribution >= 4 is 0 Å². The molecule has 0 heterocycles. The van der Waals surface area contributed by atoms with E-state index in [1.165, 1.54) is 24.8 Å². The standard InChI is InChI=1S/C18H26N.Li/c1-13(14-8-6-5-7-9-14)19-16-12-15-10-11-18(16,4)17(15,2)3;/h5-9,13,15-16H,10-12H2,1-4H3;/q-1;+1/t13-,15?,16?,18?;/m1./s1. The fourth-order valence-electron chi connectivity index (χ4n) is 4.47. The maximum Gasteiger partial charge on any atom is 1.00 e. The Morgan fingerprint density at radius 3 is 2.30 bits per heavy atom. The summed E-state index contributed by atoms with van der Waals surface area (Å²) in [6, 6.07) is 11.6. The summed E-state index contributed by atoms with van der Waals surface area (Å²) in [7, 11) is 0. The Balaban J connectivity index is 0.00000147. The SMILES string of the molecule is C[C@@H]([N-]C1CC2CCC1(C)C2(C)C)c1ccccc1.[Li+]. The maximum absolute atomic E-state index is 5.20. The molecule has 1 aromatic carbocycles. The van der Waals surface area contributed by atoms with Crippen molar-refractivity contribution in [2.45, 2.75) is 59.0 Å². The Morgan fingerprint density at radius 2 is 1.80 bits per heavy atom. The van der Waals surface area contributed by atoms with Gasteiger partial charge in [0, 0.05) is 0 Å². The minimum Gasteiger partial charge on any atom is -0.653 e. The van der Waals surface area contributed by atoms with Crippen molar-refractivity contribution in [1.29, 1.82) is 0 Å². The zero-order valence-electron chi connectivity index (χ0n) is 13.7. The second-order valence-electron chi connectivity index (χ2n) is 7.36. The van der Waals surface area contributed by atoms with Crippen molar-refractivity contribution in [1.82, 2.24) is 0 Å². The van der Waals surface area contributed by atoms with E-state index in [4.69, 9.17) is 5.32 Å². The molecule has 3 rings (SSSR count). The molecular weight excluding hydrogens is 237 g/mol. The van der Waals surface area contributed by atoms with Gasteiger partial charge in [-0.2, -0.15) is 0 Å². The number of rotatable bonds is 3. The van der Waals surface area contributed by atoms with Crippen LogP contribution in [0.1, 0.15) is 58.6 Å². The van der Waals surface area contributed by atoms with Crippen LogP contribution in [0, 0.1) is 16.7 Å². The van der Waals surface area contributed by atoms with Crippen molar-refractivity contribution in [2.75, 3.05) is 0 Å². The van der Waals surface area contributed by atoms with Gasteiger partial charge in [-0.1, -0.05) is 70.0 Å². The molecule has 0 aromatic heterocycles. The van der Waals surface area contributed by atoms with E-state index in [0.717, 1.165) is 5.92 Å². The quantitative estimate of drug-likeness (QED) is 0.743. The van der Waals surface area contributed by atoms with Gasteiger partial charge >= 0.3 is 18.9 Å². The first-order valence-electron chi connectivity index (χ1n) is 7.70. The van der Waals surface area contributed by atoms with E-state index >= 15 is 0 Å². The number of hydrogen-bond acceptors (Lipinski definition) is 0. The molecule has 0 saturated heterocycles. The molecule has 1 aromatic rings. The Labute approximate surface area is 136 Å². The second kappa shape index (κ2) is 5.52. The van der Waals surface area contributed by atoms with Gasteiger partial charge in [-0.15, -0.1) is 12.1 Å². The molecule has 2 heteroatoms. The zero-order chi connectivity index (χ0) is 13.7. The topological polar surface area (TPSA) is 14.1 Å². The molecule has 0 aliphatic heterocycles. The molecule has 1 nitrogen and oxygen atoms in total. The maximum atomic E-state index is 5.20. The monoisotopic (exact) mass is 263 g/mol. The molecule has 2 bridgehead atoms. The Bertz CT molecular complexity index is 456. The van der Waals surface area contributed by atoms with Gasteiger partial charge < -0.3 is 5.32 Å².